The first-order valence-corrected chi connectivity index (χ1v) is 5.65. The van der Waals surface area contributed by atoms with E-state index in [-0.39, 0.29) is 5.56 Å². The molecule has 4 nitrogen and oxygen atoms in total. The van der Waals surface area contributed by atoms with Gasteiger partial charge in [0.25, 0.3) is 5.56 Å². The summed E-state index contributed by atoms with van der Waals surface area (Å²) in [6.45, 7) is 1.98. The summed E-state index contributed by atoms with van der Waals surface area (Å²) in [7, 11) is 0. The molecule has 3 rings (SSSR count). The molecule has 0 fully saturated rings. The summed E-state index contributed by atoms with van der Waals surface area (Å²) in [5.74, 6) is 0.570. The Morgan fingerprint density at radius 1 is 1.11 bits per heavy atom. The first-order chi connectivity index (χ1) is 8.74. The van der Waals surface area contributed by atoms with Crippen molar-refractivity contribution in [3.8, 4) is 11.4 Å². The highest BCUT2D eigenvalue weighted by Crippen LogP contribution is 2.15. The van der Waals surface area contributed by atoms with Crippen molar-refractivity contribution in [3.05, 3.63) is 58.6 Å². The fourth-order valence-corrected chi connectivity index (χ4v) is 1.90. The average molecular weight is 237 g/mol. The van der Waals surface area contributed by atoms with Gasteiger partial charge in [-0.2, -0.15) is 0 Å². The zero-order chi connectivity index (χ0) is 12.5. The van der Waals surface area contributed by atoms with Crippen LogP contribution in [0, 0.1) is 6.92 Å². The number of hydrogen-bond acceptors (Lipinski definition) is 3. The van der Waals surface area contributed by atoms with E-state index in [1.54, 1.807) is 18.5 Å². The number of rotatable bonds is 1. The fraction of sp³-hybridized carbons (Fsp3) is 0.0714. The lowest BCUT2D eigenvalue weighted by Crippen LogP contribution is -2.09. The van der Waals surface area contributed by atoms with E-state index in [0.717, 1.165) is 11.1 Å². The van der Waals surface area contributed by atoms with Crippen molar-refractivity contribution >= 4 is 10.9 Å². The molecule has 18 heavy (non-hydrogen) atoms. The number of nitrogens with one attached hydrogen (secondary N) is 1. The van der Waals surface area contributed by atoms with Gasteiger partial charge in [-0.05, 0) is 36.8 Å². The molecule has 0 spiro atoms. The molecule has 0 saturated heterocycles. The number of aryl methyl sites for hydroxylation is 1. The first-order valence-electron chi connectivity index (χ1n) is 5.65. The minimum atomic E-state index is -0.119. The third kappa shape index (κ3) is 1.78. The fourth-order valence-electron chi connectivity index (χ4n) is 1.90. The van der Waals surface area contributed by atoms with Crippen LogP contribution in [0.2, 0.25) is 0 Å². The number of H-pyrrole nitrogens is 1. The van der Waals surface area contributed by atoms with Gasteiger partial charge >= 0.3 is 0 Å². The number of fused-ring (bicyclic) bond motifs is 1. The molecule has 2 heterocycles. The second kappa shape index (κ2) is 4.07. The Hall–Kier alpha value is -2.49. The summed E-state index contributed by atoms with van der Waals surface area (Å²) in [5.41, 5.74) is 2.53. The van der Waals surface area contributed by atoms with Crippen LogP contribution in [0.15, 0.2) is 47.5 Å². The topological polar surface area (TPSA) is 58.6 Å². The zero-order valence-corrected chi connectivity index (χ0v) is 9.84. The second-order valence-corrected chi connectivity index (χ2v) is 4.17. The maximum Gasteiger partial charge on any atom is 0.259 e. The molecule has 0 unspecified atom stereocenters. The Balaban J connectivity index is 2.30. The van der Waals surface area contributed by atoms with E-state index in [0.29, 0.717) is 16.7 Å². The molecule has 0 atom stereocenters. The predicted octanol–water partition coefficient (Wildman–Crippen LogP) is 2.29. The maximum absolute atomic E-state index is 12.0. The lowest BCUT2D eigenvalue weighted by Gasteiger charge is -2.03. The van der Waals surface area contributed by atoms with Crippen LogP contribution in [0.4, 0.5) is 0 Å². The number of pyridine rings is 1. The largest absolute Gasteiger partial charge is 0.306 e. The molecule has 0 radical (unpaired) electrons. The molecule has 4 heteroatoms. The van der Waals surface area contributed by atoms with Crippen molar-refractivity contribution in [3.63, 3.8) is 0 Å². The molecule has 0 aliphatic rings. The quantitative estimate of drug-likeness (QED) is 0.706. The van der Waals surface area contributed by atoms with Crippen molar-refractivity contribution in [1.29, 1.82) is 0 Å². The van der Waals surface area contributed by atoms with Gasteiger partial charge in [-0.15, -0.1) is 0 Å². The van der Waals surface area contributed by atoms with Gasteiger partial charge in [0, 0.05) is 18.0 Å². The van der Waals surface area contributed by atoms with Gasteiger partial charge in [0.15, 0.2) is 0 Å². The van der Waals surface area contributed by atoms with Crippen LogP contribution in [0.25, 0.3) is 22.3 Å². The monoisotopic (exact) mass is 237 g/mol. The van der Waals surface area contributed by atoms with Crippen LogP contribution in [0.5, 0.6) is 0 Å². The lowest BCUT2D eigenvalue weighted by atomic mass is 10.1. The van der Waals surface area contributed by atoms with E-state index < -0.39 is 0 Å². The van der Waals surface area contributed by atoms with Gasteiger partial charge in [0.2, 0.25) is 0 Å². The Morgan fingerprint density at radius 2 is 1.89 bits per heavy atom. The van der Waals surface area contributed by atoms with Crippen molar-refractivity contribution < 1.29 is 0 Å². The number of aromatic amines is 1. The van der Waals surface area contributed by atoms with Crippen LogP contribution in [0.1, 0.15) is 5.56 Å². The third-order valence-electron chi connectivity index (χ3n) is 2.82. The van der Waals surface area contributed by atoms with Gasteiger partial charge in [-0.25, -0.2) is 4.98 Å². The molecule has 3 aromatic rings. The number of nitrogens with zero attached hydrogens (tertiary/aromatic N) is 2. The highest BCUT2D eigenvalue weighted by atomic mass is 16.1. The normalized spacial score (nSPS) is 10.7. The molecule has 0 amide bonds. The number of hydrogen-bond donors (Lipinski definition) is 1. The second-order valence-electron chi connectivity index (χ2n) is 4.17. The van der Waals surface area contributed by atoms with Gasteiger partial charge in [0.05, 0.1) is 10.9 Å². The van der Waals surface area contributed by atoms with Crippen molar-refractivity contribution in [1.82, 2.24) is 15.0 Å². The Morgan fingerprint density at radius 3 is 2.67 bits per heavy atom. The van der Waals surface area contributed by atoms with Crippen LogP contribution in [0.3, 0.4) is 0 Å². The standard InChI is InChI=1S/C14H11N3O/c1-9-2-3-11-12(8-9)16-13(17-14(11)18)10-4-6-15-7-5-10/h2-8H,1H3,(H,16,17,18). The van der Waals surface area contributed by atoms with Crippen molar-refractivity contribution in [2.24, 2.45) is 0 Å². The zero-order valence-electron chi connectivity index (χ0n) is 9.84. The van der Waals surface area contributed by atoms with Crippen molar-refractivity contribution in [2.75, 3.05) is 0 Å². The van der Waals surface area contributed by atoms with E-state index in [2.05, 4.69) is 15.0 Å². The highest BCUT2D eigenvalue weighted by molar-refractivity contribution is 5.80. The molecule has 1 aromatic carbocycles. The average Bonchev–Trinajstić information content (AvgIpc) is 2.39. The molecular weight excluding hydrogens is 226 g/mol. The SMILES string of the molecule is Cc1ccc2c(=O)[nH]c(-c3ccncc3)nc2c1. The van der Waals surface area contributed by atoms with E-state index in [9.17, 15) is 4.79 Å². The van der Waals surface area contributed by atoms with Crippen LogP contribution in [-0.4, -0.2) is 15.0 Å². The van der Waals surface area contributed by atoms with E-state index in [4.69, 9.17) is 0 Å². The molecule has 0 aliphatic carbocycles. The van der Waals surface area contributed by atoms with Crippen LogP contribution >= 0.6 is 0 Å². The van der Waals surface area contributed by atoms with Gasteiger partial charge in [0.1, 0.15) is 5.82 Å². The highest BCUT2D eigenvalue weighted by Gasteiger charge is 2.05. The molecule has 88 valence electrons. The Bertz CT molecular complexity index is 763. The van der Waals surface area contributed by atoms with Gasteiger partial charge < -0.3 is 4.98 Å². The van der Waals surface area contributed by atoms with Crippen LogP contribution < -0.4 is 5.56 Å². The molecular formula is C14H11N3O. The molecule has 1 N–H and O–H groups in total. The van der Waals surface area contributed by atoms with E-state index >= 15 is 0 Å². The number of aromatic nitrogens is 3. The lowest BCUT2D eigenvalue weighted by molar-refractivity contribution is 1.17. The summed E-state index contributed by atoms with van der Waals surface area (Å²) in [4.78, 5) is 23.2. The van der Waals surface area contributed by atoms with Gasteiger partial charge in [-0.1, -0.05) is 6.07 Å². The minimum Gasteiger partial charge on any atom is -0.306 e. The van der Waals surface area contributed by atoms with Crippen molar-refractivity contribution in [2.45, 2.75) is 6.92 Å². The van der Waals surface area contributed by atoms with Gasteiger partial charge in [-0.3, -0.25) is 9.78 Å². The first kappa shape index (κ1) is 10.7. The van der Waals surface area contributed by atoms with Crippen LogP contribution in [-0.2, 0) is 0 Å². The molecule has 0 aliphatic heterocycles. The summed E-state index contributed by atoms with van der Waals surface area (Å²) >= 11 is 0. The summed E-state index contributed by atoms with van der Waals surface area (Å²) in [6, 6.07) is 9.26. The maximum atomic E-state index is 12.0. The minimum absolute atomic E-state index is 0.119. The summed E-state index contributed by atoms with van der Waals surface area (Å²) in [6.07, 6.45) is 3.35. The number of benzene rings is 1. The Kier molecular flexibility index (Phi) is 2.41. The van der Waals surface area contributed by atoms with E-state index in [1.807, 2.05) is 31.2 Å². The smallest absolute Gasteiger partial charge is 0.259 e. The molecule has 0 saturated carbocycles. The Labute approximate surface area is 103 Å². The molecule has 0 bridgehead atoms. The summed E-state index contributed by atoms with van der Waals surface area (Å²) < 4.78 is 0. The summed E-state index contributed by atoms with van der Waals surface area (Å²) in [5, 5.41) is 0.610. The predicted molar refractivity (Wildman–Crippen MR) is 70.3 cm³/mol. The van der Waals surface area contributed by atoms with E-state index in [1.165, 1.54) is 0 Å². The third-order valence-corrected chi connectivity index (χ3v) is 2.82. The molecule has 2 aromatic heterocycles.